The number of nitrogens with one attached hydrogen (secondary N) is 1. The van der Waals surface area contributed by atoms with Crippen LogP contribution in [0.1, 0.15) is 32.1 Å². The quantitative estimate of drug-likeness (QED) is 0.417. The average Bonchev–Trinajstić information content (AvgIpc) is 2.80. The summed E-state index contributed by atoms with van der Waals surface area (Å²) in [6.07, 6.45) is 8.28. The highest BCUT2D eigenvalue weighted by atomic mass is 16.5. The zero-order chi connectivity index (χ0) is 16.8. The Kier molecular flexibility index (Phi) is 5.74. The Morgan fingerprint density at radius 1 is 1.22 bits per heavy atom. The van der Waals surface area contributed by atoms with E-state index in [0.717, 1.165) is 25.7 Å². The summed E-state index contributed by atoms with van der Waals surface area (Å²) in [5.41, 5.74) is 0. The number of ether oxygens (including phenoxy) is 1. The van der Waals surface area contributed by atoms with Crippen molar-refractivity contribution >= 4 is 23.7 Å². The van der Waals surface area contributed by atoms with Gasteiger partial charge in [0, 0.05) is 6.54 Å². The molecular formula is C16H20N2O5. The van der Waals surface area contributed by atoms with Crippen molar-refractivity contribution < 1.29 is 23.9 Å². The summed E-state index contributed by atoms with van der Waals surface area (Å²) in [6, 6.07) is 0. The maximum Gasteiger partial charge on any atom is 0.308 e. The zero-order valence-corrected chi connectivity index (χ0v) is 12.9. The second-order valence-electron chi connectivity index (χ2n) is 5.72. The summed E-state index contributed by atoms with van der Waals surface area (Å²) in [4.78, 5) is 48.5. The van der Waals surface area contributed by atoms with Crippen LogP contribution >= 0.6 is 0 Å². The van der Waals surface area contributed by atoms with Crippen molar-refractivity contribution in [1.82, 2.24) is 10.2 Å². The maximum atomic E-state index is 12.2. The van der Waals surface area contributed by atoms with Gasteiger partial charge < -0.3 is 10.1 Å². The van der Waals surface area contributed by atoms with Gasteiger partial charge in [-0.05, 0) is 12.8 Å². The number of nitrogens with zero attached hydrogens (tertiary/aromatic N) is 1. The summed E-state index contributed by atoms with van der Waals surface area (Å²) in [5.74, 6) is 0.306. The molecule has 0 spiro atoms. The number of carbonyl (C=O) groups is 4. The van der Waals surface area contributed by atoms with Crippen molar-refractivity contribution in [2.45, 2.75) is 32.1 Å². The molecule has 124 valence electrons. The van der Waals surface area contributed by atoms with Gasteiger partial charge in [0.1, 0.15) is 0 Å². The van der Waals surface area contributed by atoms with E-state index in [9.17, 15) is 19.2 Å². The Hall–Kier alpha value is -2.36. The van der Waals surface area contributed by atoms with E-state index in [2.05, 4.69) is 11.2 Å². The number of likely N-dealkylation sites (tertiary alicyclic amines) is 1. The largest absolute Gasteiger partial charge is 0.456 e. The summed E-state index contributed by atoms with van der Waals surface area (Å²) in [6.45, 7) is -0.348. The Balaban J connectivity index is 1.76. The molecule has 0 bridgehead atoms. The third kappa shape index (κ3) is 4.09. The minimum atomic E-state index is -0.628. The molecule has 7 heteroatoms. The highest BCUT2D eigenvalue weighted by Gasteiger charge is 2.47. The first-order valence-corrected chi connectivity index (χ1v) is 7.75. The van der Waals surface area contributed by atoms with Gasteiger partial charge in [0.25, 0.3) is 5.91 Å². The molecule has 1 heterocycles. The fraction of sp³-hybridized carbons (Fsp3) is 0.625. The van der Waals surface area contributed by atoms with Gasteiger partial charge in [-0.25, -0.2) is 0 Å². The minimum absolute atomic E-state index is 0.00940. The van der Waals surface area contributed by atoms with Crippen molar-refractivity contribution in [3.63, 3.8) is 0 Å². The van der Waals surface area contributed by atoms with Gasteiger partial charge in [-0.2, -0.15) is 0 Å². The zero-order valence-electron chi connectivity index (χ0n) is 12.9. The van der Waals surface area contributed by atoms with Crippen molar-refractivity contribution in [3.8, 4) is 12.3 Å². The molecule has 0 aromatic rings. The highest BCUT2D eigenvalue weighted by molar-refractivity contribution is 6.05. The lowest BCUT2D eigenvalue weighted by Gasteiger charge is -2.19. The molecular weight excluding hydrogens is 300 g/mol. The first-order chi connectivity index (χ1) is 11.0. The predicted molar refractivity (Wildman–Crippen MR) is 79.6 cm³/mol. The van der Waals surface area contributed by atoms with E-state index >= 15 is 0 Å². The standard InChI is InChI=1S/C16H20N2O5/c1-2-8-17-13(19)10-23-14(20)7-9-18-15(21)11-5-3-4-6-12(11)16(18)22/h1,11-12H,3-10H2,(H,17,19)/t11-,12+. The molecule has 2 fully saturated rings. The van der Waals surface area contributed by atoms with Crippen molar-refractivity contribution in [3.05, 3.63) is 0 Å². The molecule has 0 aromatic carbocycles. The summed E-state index contributed by atoms with van der Waals surface area (Å²) >= 11 is 0. The van der Waals surface area contributed by atoms with Crippen LogP contribution in [0.2, 0.25) is 0 Å². The van der Waals surface area contributed by atoms with E-state index in [1.807, 2.05) is 0 Å². The van der Waals surface area contributed by atoms with E-state index in [1.165, 1.54) is 4.90 Å². The van der Waals surface area contributed by atoms with Gasteiger partial charge in [-0.15, -0.1) is 6.42 Å². The lowest BCUT2D eigenvalue weighted by molar-refractivity contribution is -0.149. The van der Waals surface area contributed by atoms with E-state index in [-0.39, 0.29) is 43.2 Å². The molecule has 0 unspecified atom stereocenters. The molecule has 1 aliphatic heterocycles. The number of imide groups is 1. The van der Waals surface area contributed by atoms with Crippen molar-refractivity contribution in [2.24, 2.45) is 11.8 Å². The maximum absolute atomic E-state index is 12.2. The number of rotatable bonds is 6. The molecule has 7 nitrogen and oxygen atoms in total. The molecule has 2 aliphatic rings. The molecule has 2 rings (SSSR count). The van der Waals surface area contributed by atoms with Crippen LogP contribution in [-0.2, 0) is 23.9 Å². The number of hydrogen-bond acceptors (Lipinski definition) is 5. The topological polar surface area (TPSA) is 92.8 Å². The normalized spacial score (nSPS) is 23.2. The fourth-order valence-electron chi connectivity index (χ4n) is 3.07. The first kappa shape index (κ1) is 17.0. The lowest BCUT2D eigenvalue weighted by Crippen LogP contribution is -2.34. The van der Waals surface area contributed by atoms with Crippen molar-refractivity contribution in [1.29, 1.82) is 0 Å². The van der Waals surface area contributed by atoms with Crippen LogP contribution in [0.4, 0.5) is 0 Å². The van der Waals surface area contributed by atoms with Crippen LogP contribution in [0, 0.1) is 24.2 Å². The SMILES string of the molecule is C#CCNC(=O)COC(=O)CCN1C(=O)[C@H]2CCCC[C@H]2C1=O. The lowest BCUT2D eigenvalue weighted by atomic mass is 9.81. The number of carbonyl (C=O) groups excluding carboxylic acids is 4. The Morgan fingerprint density at radius 2 is 1.83 bits per heavy atom. The molecule has 0 aromatic heterocycles. The third-order valence-electron chi connectivity index (χ3n) is 4.22. The van der Waals surface area contributed by atoms with Gasteiger partial charge in [0.05, 0.1) is 24.8 Å². The first-order valence-electron chi connectivity index (χ1n) is 7.75. The predicted octanol–water partition coefficient (Wildman–Crippen LogP) is -0.156. The minimum Gasteiger partial charge on any atom is -0.456 e. The molecule has 1 saturated carbocycles. The van der Waals surface area contributed by atoms with E-state index in [1.54, 1.807) is 0 Å². The number of fused-ring (bicyclic) bond motifs is 1. The highest BCUT2D eigenvalue weighted by Crippen LogP contribution is 2.37. The van der Waals surface area contributed by atoms with Crippen LogP contribution in [-0.4, -0.2) is 48.3 Å². The second-order valence-corrected chi connectivity index (χ2v) is 5.72. The van der Waals surface area contributed by atoms with Crippen LogP contribution in [0.5, 0.6) is 0 Å². The van der Waals surface area contributed by atoms with Crippen LogP contribution < -0.4 is 5.32 Å². The summed E-state index contributed by atoms with van der Waals surface area (Å²) in [5, 5.41) is 2.36. The number of amides is 3. The Labute approximate surface area is 134 Å². The third-order valence-corrected chi connectivity index (χ3v) is 4.22. The molecule has 2 atom stereocenters. The molecule has 3 amide bonds. The summed E-state index contributed by atoms with van der Waals surface area (Å²) < 4.78 is 4.78. The smallest absolute Gasteiger partial charge is 0.308 e. The van der Waals surface area contributed by atoms with Gasteiger partial charge in [0.2, 0.25) is 11.8 Å². The molecule has 1 saturated heterocycles. The Morgan fingerprint density at radius 3 is 2.39 bits per heavy atom. The average molecular weight is 320 g/mol. The molecule has 1 N–H and O–H groups in total. The van der Waals surface area contributed by atoms with E-state index in [4.69, 9.17) is 11.2 Å². The van der Waals surface area contributed by atoms with Gasteiger partial charge in [0.15, 0.2) is 6.61 Å². The molecule has 0 radical (unpaired) electrons. The van der Waals surface area contributed by atoms with Crippen LogP contribution in [0.25, 0.3) is 0 Å². The van der Waals surface area contributed by atoms with Crippen LogP contribution in [0.15, 0.2) is 0 Å². The molecule has 23 heavy (non-hydrogen) atoms. The Bertz CT molecular complexity index is 527. The van der Waals surface area contributed by atoms with E-state index in [0.29, 0.717) is 0 Å². The van der Waals surface area contributed by atoms with Crippen LogP contribution in [0.3, 0.4) is 0 Å². The summed E-state index contributed by atoms with van der Waals surface area (Å²) in [7, 11) is 0. The van der Waals surface area contributed by atoms with Crippen molar-refractivity contribution in [2.75, 3.05) is 19.7 Å². The van der Waals surface area contributed by atoms with Gasteiger partial charge in [-0.3, -0.25) is 24.1 Å². The number of hydrogen-bond donors (Lipinski definition) is 1. The molecule has 1 aliphatic carbocycles. The van der Waals surface area contributed by atoms with E-state index < -0.39 is 18.5 Å². The fourth-order valence-corrected chi connectivity index (χ4v) is 3.07. The van der Waals surface area contributed by atoms with Gasteiger partial charge in [-0.1, -0.05) is 18.8 Å². The van der Waals surface area contributed by atoms with Gasteiger partial charge >= 0.3 is 5.97 Å². The number of esters is 1. The second kappa shape index (κ2) is 7.77. The monoisotopic (exact) mass is 320 g/mol. The number of terminal acetylenes is 1.